The number of hydrazone groups is 1. The summed E-state index contributed by atoms with van der Waals surface area (Å²) in [4.78, 5) is 15.9. The maximum Gasteiger partial charge on any atom is 0.250 e. The lowest BCUT2D eigenvalue weighted by atomic mass is 10.1. The molecule has 1 saturated heterocycles. The Morgan fingerprint density at radius 1 is 0.838 bits per heavy atom. The molecule has 37 heavy (non-hydrogen) atoms. The van der Waals surface area contributed by atoms with Crippen molar-refractivity contribution in [2.24, 2.45) is 5.10 Å². The molecule has 0 spiro atoms. The fourth-order valence-electron chi connectivity index (χ4n) is 4.01. The Balaban J connectivity index is 1.32. The lowest BCUT2D eigenvalue weighted by Crippen LogP contribution is -2.31. The molecule has 188 valence electrons. The Morgan fingerprint density at radius 3 is 2.41 bits per heavy atom. The number of nitrogens with one attached hydrogen (secondary N) is 2. The van der Waals surface area contributed by atoms with Crippen LogP contribution in [0.3, 0.4) is 0 Å². The molecule has 0 radical (unpaired) electrons. The van der Waals surface area contributed by atoms with E-state index in [2.05, 4.69) is 35.7 Å². The van der Waals surface area contributed by atoms with Crippen LogP contribution in [0.2, 0.25) is 0 Å². The van der Waals surface area contributed by atoms with E-state index in [1.165, 1.54) is 12.5 Å². The Kier molecular flexibility index (Phi) is 7.80. The molecular weight excluding hydrogens is 469 g/mol. The number of hydrogen-bond acceptors (Lipinski definition) is 8. The smallest absolute Gasteiger partial charge is 0.250 e. The van der Waals surface area contributed by atoms with Crippen LogP contribution in [-0.2, 0) is 6.61 Å². The van der Waals surface area contributed by atoms with Gasteiger partial charge in [-0.1, -0.05) is 48.5 Å². The molecule has 8 nitrogen and oxygen atoms in total. The van der Waals surface area contributed by atoms with Crippen LogP contribution in [0.15, 0.2) is 84.0 Å². The minimum absolute atomic E-state index is 0.117. The van der Waals surface area contributed by atoms with Crippen molar-refractivity contribution in [1.29, 1.82) is 0 Å². The second kappa shape index (κ2) is 11.9. The van der Waals surface area contributed by atoms with Crippen LogP contribution in [-0.4, -0.2) is 34.3 Å². The predicted octanol–water partition coefficient (Wildman–Crippen LogP) is 5.77. The maximum absolute atomic E-state index is 14.0. The van der Waals surface area contributed by atoms with Crippen LogP contribution >= 0.6 is 0 Å². The van der Waals surface area contributed by atoms with Crippen LogP contribution in [0.25, 0.3) is 0 Å². The van der Waals surface area contributed by atoms with E-state index < -0.39 is 0 Å². The SMILES string of the molecule is Fc1ccccc1COc1ccccc1/C=N/Nc1nc(Nc2ccccc2)nc(N2CCCCC2)n1. The van der Waals surface area contributed by atoms with E-state index in [0.717, 1.165) is 37.2 Å². The van der Waals surface area contributed by atoms with Crippen LogP contribution in [0.1, 0.15) is 30.4 Å². The van der Waals surface area contributed by atoms with Crippen molar-refractivity contribution in [3.8, 4) is 5.75 Å². The van der Waals surface area contributed by atoms with Gasteiger partial charge in [-0.15, -0.1) is 0 Å². The summed E-state index contributed by atoms with van der Waals surface area (Å²) in [5.74, 6) is 1.67. The normalized spacial score (nSPS) is 13.5. The lowest BCUT2D eigenvalue weighted by molar-refractivity contribution is 0.299. The van der Waals surface area contributed by atoms with Crippen LogP contribution in [0.4, 0.5) is 27.9 Å². The molecule has 1 aliphatic rings. The second-order valence-electron chi connectivity index (χ2n) is 8.61. The van der Waals surface area contributed by atoms with Crippen molar-refractivity contribution < 1.29 is 9.13 Å². The van der Waals surface area contributed by atoms with E-state index in [9.17, 15) is 4.39 Å². The van der Waals surface area contributed by atoms with Crippen LogP contribution in [0.5, 0.6) is 5.75 Å². The van der Waals surface area contributed by atoms with Gasteiger partial charge in [0, 0.05) is 29.9 Å². The fourth-order valence-corrected chi connectivity index (χ4v) is 4.01. The minimum Gasteiger partial charge on any atom is -0.488 e. The summed E-state index contributed by atoms with van der Waals surface area (Å²) in [6.07, 6.45) is 5.06. The molecule has 4 aromatic rings. The minimum atomic E-state index is -0.297. The number of nitrogens with zero attached hydrogens (tertiary/aromatic N) is 5. The molecule has 0 aliphatic carbocycles. The van der Waals surface area contributed by atoms with Gasteiger partial charge in [0.05, 0.1) is 6.21 Å². The molecular formula is C28H28FN7O. The topological polar surface area (TPSA) is 87.6 Å². The highest BCUT2D eigenvalue weighted by atomic mass is 19.1. The van der Waals surface area contributed by atoms with E-state index in [-0.39, 0.29) is 12.4 Å². The first kappa shape index (κ1) is 24.2. The first-order valence-corrected chi connectivity index (χ1v) is 12.3. The predicted molar refractivity (Wildman–Crippen MR) is 144 cm³/mol. The van der Waals surface area contributed by atoms with Gasteiger partial charge in [-0.2, -0.15) is 20.1 Å². The van der Waals surface area contributed by atoms with Gasteiger partial charge in [-0.25, -0.2) is 9.82 Å². The van der Waals surface area contributed by atoms with Crippen molar-refractivity contribution in [2.75, 3.05) is 28.7 Å². The van der Waals surface area contributed by atoms with Gasteiger partial charge < -0.3 is 15.0 Å². The van der Waals surface area contributed by atoms with Gasteiger partial charge in [0.25, 0.3) is 0 Å². The van der Waals surface area contributed by atoms with Gasteiger partial charge in [0.2, 0.25) is 17.8 Å². The molecule has 5 rings (SSSR count). The van der Waals surface area contributed by atoms with E-state index >= 15 is 0 Å². The van der Waals surface area contributed by atoms with E-state index in [0.29, 0.717) is 29.2 Å². The summed E-state index contributed by atoms with van der Waals surface area (Å²) < 4.78 is 19.9. The molecule has 0 bridgehead atoms. The number of aromatic nitrogens is 3. The summed E-state index contributed by atoms with van der Waals surface area (Å²) >= 11 is 0. The number of benzene rings is 3. The largest absolute Gasteiger partial charge is 0.488 e. The first-order valence-electron chi connectivity index (χ1n) is 12.3. The molecule has 9 heteroatoms. The molecule has 3 aromatic carbocycles. The third-order valence-corrected chi connectivity index (χ3v) is 5.92. The van der Waals surface area contributed by atoms with E-state index in [4.69, 9.17) is 4.74 Å². The Bertz CT molecular complexity index is 1340. The first-order chi connectivity index (χ1) is 18.2. The molecule has 2 heterocycles. The van der Waals surface area contributed by atoms with Gasteiger partial charge in [0.15, 0.2) is 0 Å². The monoisotopic (exact) mass is 497 g/mol. The standard InChI is InChI=1S/C28H28FN7O/c29-24-15-7-5-12-22(24)20-37-25-16-8-6-11-21(25)19-30-35-27-32-26(31-23-13-3-1-4-14-23)33-28(34-27)36-17-9-2-10-18-36/h1,3-8,11-16,19H,2,9-10,17-18,20H2,(H2,31,32,33,34,35)/b30-19+. The molecule has 0 saturated carbocycles. The Labute approximate surface area is 215 Å². The van der Waals surface area contributed by atoms with Crippen LogP contribution < -0.4 is 20.4 Å². The molecule has 2 N–H and O–H groups in total. The van der Waals surface area contributed by atoms with E-state index in [1.54, 1.807) is 24.4 Å². The highest BCUT2D eigenvalue weighted by molar-refractivity contribution is 5.83. The number of hydrogen-bond donors (Lipinski definition) is 2. The second-order valence-corrected chi connectivity index (χ2v) is 8.61. The quantitative estimate of drug-likeness (QED) is 0.224. The summed E-state index contributed by atoms with van der Waals surface area (Å²) in [6.45, 7) is 1.93. The zero-order valence-corrected chi connectivity index (χ0v) is 20.3. The Hall–Kier alpha value is -4.53. The molecule has 0 atom stereocenters. The maximum atomic E-state index is 14.0. The third kappa shape index (κ3) is 6.58. The number of para-hydroxylation sites is 2. The van der Waals surface area contributed by atoms with Gasteiger partial charge >= 0.3 is 0 Å². The third-order valence-electron chi connectivity index (χ3n) is 5.92. The summed E-state index contributed by atoms with van der Waals surface area (Å²) in [7, 11) is 0. The van der Waals surface area contributed by atoms with Gasteiger partial charge in [-0.3, -0.25) is 0 Å². The lowest BCUT2D eigenvalue weighted by Gasteiger charge is -2.26. The Morgan fingerprint density at radius 2 is 1.57 bits per heavy atom. The number of anilines is 4. The van der Waals surface area contributed by atoms with Crippen molar-refractivity contribution in [3.05, 3.63) is 95.8 Å². The summed E-state index contributed by atoms with van der Waals surface area (Å²) in [5.41, 5.74) is 5.04. The summed E-state index contributed by atoms with van der Waals surface area (Å²) in [5, 5.41) is 7.60. The highest BCUT2D eigenvalue weighted by Gasteiger charge is 2.16. The molecule has 1 aromatic heterocycles. The summed E-state index contributed by atoms with van der Waals surface area (Å²) in [6, 6.07) is 23.8. The van der Waals surface area contributed by atoms with Crippen molar-refractivity contribution in [2.45, 2.75) is 25.9 Å². The van der Waals surface area contributed by atoms with Gasteiger partial charge in [0.1, 0.15) is 18.2 Å². The molecule has 0 unspecified atom stereocenters. The van der Waals surface area contributed by atoms with Gasteiger partial charge in [-0.05, 0) is 49.6 Å². The molecule has 1 fully saturated rings. The average molecular weight is 498 g/mol. The molecule has 0 amide bonds. The average Bonchev–Trinajstić information content (AvgIpc) is 2.94. The number of rotatable bonds is 9. The number of halogens is 1. The van der Waals surface area contributed by atoms with Crippen molar-refractivity contribution in [3.63, 3.8) is 0 Å². The number of piperidine rings is 1. The van der Waals surface area contributed by atoms with Crippen molar-refractivity contribution in [1.82, 2.24) is 15.0 Å². The molecule has 1 aliphatic heterocycles. The number of ether oxygens (including phenoxy) is 1. The highest BCUT2D eigenvalue weighted by Crippen LogP contribution is 2.22. The zero-order valence-electron chi connectivity index (χ0n) is 20.3. The fraction of sp³-hybridized carbons (Fsp3) is 0.214. The van der Waals surface area contributed by atoms with Crippen molar-refractivity contribution >= 4 is 29.7 Å². The van der Waals surface area contributed by atoms with E-state index in [1.807, 2.05) is 54.6 Å². The van der Waals surface area contributed by atoms with Crippen LogP contribution in [0, 0.1) is 5.82 Å². The zero-order chi connectivity index (χ0) is 25.3.